The molecule has 0 radical (unpaired) electrons. The first-order chi connectivity index (χ1) is 16.3. The smallest absolute Gasteiger partial charge is 0.310 e. The molecule has 0 amide bonds. The number of carbonyl (C=O) groups is 3. The van der Waals surface area contributed by atoms with Gasteiger partial charge in [-0.3, -0.25) is 14.4 Å². The van der Waals surface area contributed by atoms with Gasteiger partial charge in [0.25, 0.3) is 0 Å². The zero-order chi connectivity index (χ0) is 24.6. The lowest BCUT2D eigenvalue weighted by Crippen LogP contribution is -2.31. The number of benzene rings is 2. The quantitative estimate of drug-likeness (QED) is 0.465. The highest BCUT2D eigenvalue weighted by Gasteiger charge is 2.48. The van der Waals surface area contributed by atoms with Crippen LogP contribution in [0.5, 0.6) is 28.7 Å². The summed E-state index contributed by atoms with van der Waals surface area (Å²) in [7, 11) is 4.56. The molecule has 0 unspecified atom stereocenters. The van der Waals surface area contributed by atoms with E-state index < -0.39 is 23.8 Å². The molecule has 0 N–H and O–H groups in total. The van der Waals surface area contributed by atoms with Crippen LogP contribution in [-0.2, 0) is 25.5 Å². The van der Waals surface area contributed by atoms with Crippen molar-refractivity contribution in [2.75, 3.05) is 27.9 Å². The van der Waals surface area contributed by atoms with Crippen LogP contribution in [0.2, 0.25) is 0 Å². The van der Waals surface area contributed by atoms with Crippen LogP contribution < -0.4 is 23.7 Å². The summed E-state index contributed by atoms with van der Waals surface area (Å²) in [5.74, 6) is -0.806. The predicted octanol–water partition coefficient (Wildman–Crippen LogP) is 3.04. The molecule has 1 fully saturated rings. The van der Waals surface area contributed by atoms with Crippen molar-refractivity contribution in [1.29, 1.82) is 0 Å². The van der Waals surface area contributed by atoms with Crippen LogP contribution >= 0.6 is 0 Å². The van der Waals surface area contributed by atoms with Gasteiger partial charge in [-0.15, -0.1) is 0 Å². The lowest BCUT2D eigenvalue weighted by Gasteiger charge is -2.34. The minimum Gasteiger partial charge on any atom is -0.493 e. The highest BCUT2D eigenvalue weighted by Crippen LogP contribution is 2.52. The SMILES string of the molecule is COc1cc([C@@H]2c3cc(OC(C)=O)c(OC(C)=O)cc3C[C@H]3COC(=O)[C@H]32)cc(OC)c1OC. The summed E-state index contributed by atoms with van der Waals surface area (Å²) in [6.45, 7) is 2.83. The van der Waals surface area contributed by atoms with E-state index in [1.165, 1.54) is 35.2 Å². The molecule has 1 aliphatic heterocycles. The van der Waals surface area contributed by atoms with Gasteiger partial charge in [0.2, 0.25) is 5.75 Å². The topological polar surface area (TPSA) is 107 Å². The van der Waals surface area contributed by atoms with E-state index in [1.54, 1.807) is 24.3 Å². The molecule has 1 saturated heterocycles. The predicted molar refractivity (Wildman–Crippen MR) is 119 cm³/mol. The van der Waals surface area contributed by atoms with Gasteiger partial charge in [-0.05, 0) is 47.4 Å². The van der Waals surface area contributed by atoms with E-state index in [2.05, 4.69) is 0 Å². The molecule has 0 aromatic heterocycles. The number of rotatable bonds is 6. The van der Waals surface area contributed by atoms with E-state index >= 15 is 0 Å². The summed E-state index contributed by atoms with van der Waals surface area (Å²) in [6.07, 6.45) is 0.543. The van der Waals surface area contributed by atoms with E-state index in [0.29, 0.717) is 30.3 Å². The van der Waals surface area contributed by atoms with Crippen molar-refractivity contribution in [2.45, 2.75) is 26.2 Å². The third kappa shape index (κ3) is 4.13. The van der Waals surface area contributed by atoms with Gasteiger partial charge in [-0.2, -0.15) is 0 Å². The number of esters is 3. The van der Waals surface area contributed by atoms with E-state index in [-0.39, 0.29) is 23.4 Å². The van der Waals surface area contributed by atoms with E-state index in [9.17, 15) is 14.4 Å². The van der Waals surface area contributed by atoms with E-state index in [1.807, 2.05) is 0 Å². The molecular weight excluding hydrogens is 444 g/mol. The van der Waals surface area contributed by atoms with E-state index in [0.717, 1.165) is 16.7 Å². The molecule has 2 aromatic carbocycles. The molecule has 1 heterocycles. The van der Waals surface area contributed by atoms with Gasteiger partial charge in [0, 0.05) is 25.7 Å². The lowest BCUT2D eigenvalue weighted by molar-refractivity contribution is -0.141. The Balaban J connectivity index is 1.94. The molecule has 0 saturated carbocycles. The number of carbonyl (C=O) groups excluding carboxylic acids is 3. The molecule has 34 heavy (non-hydrogen) atoms. The van der Waals surface area contributed by atoms with Crippen molar-refractivity contribution in [3.05, 3.63) is 41.0 Å². The van der Waals surface area contributed by atoms with Crippen LogP contribution in [0.1, 0.15) is 36.5 Å². The number of fused-ring (bicyclic) bond motifs is 2. The fraction of sp³-hybridized carbons (Fsp3) is 0.400. The first-order valence-corrected chi connectivity index (χ1v) is 10.8. The molecule has 0 bridgehead atoms. The van der Waals surface area contributed by atoms with Crippen molar-refractivity contribution < 1.29 is 42.8 Å². The Morgan fingerprint density at radius 3 is 1.97 bits per heavy atom. The maximum Gasteiger partial charge on any atom is 0.310 e. The van der Waals surface area contributed by atoms with Gasteiger partial charge in [0.05, 0.1) is 33.9 Å². The van der Waals surface area contributed by atoms with Crippen molar-refractivity contribution in [2.24, 2.45) is 11.8 Å². The van der Waals surface area contributed by atoms with Crippen LogP contribution in [-0.4, -0.2) is 45.8 Å². The Bertz CT molecular complexity index is 1130. The van der Waals surface area contributed by atoms with Crippen molar-refractivity contribution in [1.82, 2.24) is 0 Å². The Morgan fingerprint density at radius 2 is 1.44 bits per heavy atom. The lowest BCUT2D eigenvalue weighted by atomic mass is 9.67. The number of cyclic esters (lactones) is 1. The Hall–Kier alpha value is -3.75. The summed E-state index contributed by atoms with van der Waals surface area (Å²) in [4.78, 5) is 36.3. The summed E-state index contributed by atoms with van der Waals surface area (Å²) in [6, 6.07) is 6.95. The molecule has 180 valence electrons. The maximum absolute atomic E-state index is 12.8. The molecular formula is C25H26O9. The highest BCUT2D eigenvalue weighted by molar-refractivity contribution is 5.79. The second kappa shape index (κ2) is 9.24. The average molecular weight is 470 g/mol. The third-order valence-corrected chi connectivity index (χ3v) is 6.16. The summed E-state index contributed by atoms with van der Waals surface area (Å²) < 4.78 is 32.6. The molecule has 2 aliphatic rings. The van der Waals surface area contributed by atoms with Gasteiger partial charge in [0.15, 0.2) is 23.0 Å². The zero-order valence-electron chi connectivity index (χ0n) is 19.6. The molecule has 1 aliphatic carbocycles. The minimum absolute atomic E-state index is 0.0751. The Labute approximate surface area is 196 Å². The van der Waals surface area contributed by atoms with Gasteiger partial charge in [-0.1, -0.05) is 0 Å². The zero-order valence-corrected chi connectivity index (χ0v) is 19.6. The molecule has 9 heteroatoms. The van der Waals surface area contributed by atoms with Crippen molar-refractivity contribution >= 4 is 17.9 Å². The van der Waals surface area contributed by atoms with Crippen LogP contribution in [0.15, 0.2) is 24.3 Å². The van der Waals surface area contributed by atoms with Crippen LogP contribution in [0.25, 0.3) is 0 Å². The van der Waals surface area contributed by atoms with Crippen molar-refractivity contribution in [3.8, 4) is 28.7 Å². The molecule has 2 aromatic rings. The summed E-state index contributed by atoms with van der Waals surface area (Å²) in [5, 5.41) is 0. The van der Waals surface area contributed by atoms with Gasteiger partial charge < -0.3 is 28.4 Å². The Morgan fingerprint density at radius 1 is 0.853 bits per heavy atom. The molecule has 0 spiro atoms. The van der Waals surface area contributed by atoms with Crippen LogP contribution in [0.4, 0.5) is 0 Å². The second-order valence-corrected chi connectivity index (χ2v) is 8.24. The molecule has 9 nitrogen and oxygen atoms in total. The summed E-state index contributed by atoms with van der Waals surface area (Å²) >= 11 is 0. The number of ether oxygens (including phenoxy) is 6. The number of hydrogen-bond acceptors (Lipinski definition) is 9. The molecule has 4 rings (SSSR count). The number of methoxy groups -OCH3 is 3. The second-order valence-electron chi connectivity index (χ2n) is 8.24. The maximum atomic E-state index is 12.8. The standard InChI is InChI=1S/C25H26O9/c1-12(26)33-18-7-14-6-16-11-32-25(28)23(16)22(17(14)10-19(18)34-13(2)27)15-8-20(29-3)24(31-5)21(9-15)30-4/h7-10,16,22-23H,6,11H2,1-5H3/t16-,22+,23+/m0/s1. The van der Waals surface area contributed by atoms with Gasteiger partial charge in [0.1, 0.15) is 0 Å². The first kappa shape index (κ1) is 23.4. The Kier molecular flexibility index (Phi) is 6.37. The van der Waals surface area contributed by atoms with Crippen molar-refractivity contribution in [3.63, 3.8) is 0 Å². The monoisotopic (exact) mass is 470 g/mol. The van der Waals surface area contributed by atoms with Gasteiger partial charge >= 0.3 is 17.9 Å². The van der Waals surface area contributed by atoms with Crippen LogP contribution in [0.3, 0.4) is 0 Å². The third-order valence-electron chi connectivity index (χ3n) is 6.16. The average Bonchev–Trinajstić information content (AvgIpc) is 3.16. The number of hydrogen-bond donors (Lipinski definition) is 0. The fourth-order valence-corrected chi connectivity index (χ4v) is 4.87. The fourth-order valence-electron chi connectivity index (χ4n) is 4.87. The van der Waals surface area contributed by atoms with Crippen LogP contribution in [0, 0.1) is 11.8 Å². The first-order valence-electron chi connectivity index (χ1n) is 10.8. The van der Waals surface area contributed by atoms with Gasteiger partial charge in [-0.25, -0.2) is 0 Å². The largest absolute Gasteiger partial charge is 0.493 e. The summed E-state index contributed by atoms with van der Waals surface area (Å²) in [5.41, 5.74) is 2.38. The highest BCUT2D eigenvalue weighted by atomic mass is 16.6. The normalized spacial score (nSPS) is 20.5. The molecule has 3 atom stereocenters. The minimum atomic E-state index is -0.563. The van der Waals surface area contributed by atoms with E-state index in [4.69, 9.17) is 28.4 Å².